The summed E-state index contributed by atoms with van der Waals surface area (Å²) < 4.78 is 43.8. The Morgan fingerprint density at radius 3 is 1.79 bits per heavy atom. The molecule has 1 aromatic rings. The first-order chi connectivity index (χ1) is 28.3. The fourth-order valence-electron chi connectivity index (χ4n) is 6.18. The van der Waals surface area contributed by atoms with Crippen LogP contribution in [0.4, 0.5) is 5.69 Å². The molecule has 17 nitrogen and oxygen atoms in total. The number of piperidine rings is 1. The van der Waals surface area contributed by atoms with Crippen LogP contribution in [0, 0.1) is 5.92 Å². The molecule has 1 fully saturated rings. The van der Waals surface area contributed by atoms with Gasteiger partial charge < -0.3 is 43.2 Å². The number of hydrogen-bond donors (Lipinski definition) is 2. The van der Waals surface area contributed by atoms with E-state index in [1.807, 2.05) is 6.92 Å². The highest BCUT2D eigenvalue weighted by Crippen LogP contribution is 2.32. The van der Waals surface area contributed by atoms with E-state index in [4.69, 9.17) is 37.9 Å². The molecular formula is C41H63N3O14. The number of anilines is 1. The summed E-state index contributed by atoms with van der Waals surface area (Å²) >= 11 is 0. The summed E-state index contributed by atoms with van der Waals surface area (Å²) in [6.07, 6.45) is 6.21. The number of carbonyl (C=O) groups is 6. The van der Waals surface area contributed by atoms with Gasteiger partial charge in [0.25, 0.3) is 11.8 Å². The predicted octanol–water partition coefficient (Wildman–Crippen LogP) is 3.46. The second kappa shape index (κ2) is 29.4. The van der Waals surface area contributed by atoms with E-state index >= 15 is 0 Å². The van der Waals surface area contributed by atoms with Gasteiger partial charge in [0, 0.05) is 19.4 Å². The highest BCUT2D eigenvalue weighted by Gasteiger charge is 2.45. The first kappa shape index (κ1) is 48.5. The van der Waals surface area contributed by atoms with Crippen molar-refractivity contribution >= 4 is 41.2 Å². The molecule has 2 atom stereocenters. The maximum absolute atomic E-state index is 13.2. The van der Waals surface area contributed by atoms with Gasteiger partial charge in [-0.1, -0.05) is 39.2 Å². The van der Waals surface area contributed by atoms with Crippen molar-refractivity contribution in [2.45, 2.75) is 84.1 Å². The molecule has 0 aliphatic carbocycles. The highest BCUT2D eigenvalue weighted by atomic mass is 16.6. The standard InChI is InChI=1S/C41H63N3O14/c1-3-5-10-31(4-2)41(50)58-30-29-57-28-27-56-26-25-55-24-23-54-22-21-53-20-19-52-18-17-51-16-8-6-7-13-35(45)42-33-12-9-11-32-37(33)40(49)44(39(32)48)34-14-15-36(46)43-38(34)47/h9,11-12,31,34H,3-8,10,13-30H2,1-2H3,(H,42,45)(H,43,46,47). The third-order valence-electron chi connectivity index (χ3n) is 9.37. The van der Waals surface area contributed by atoms with Crippen LogP contribution in [0.2, 0.25) is 0 Å². The third kappa shape index (κ3) is 18.0. The lowest BCUT2D eigenvalue weighted by Crippen LogP contribution is -2.54. The van der Waals surface area contributed by atoms with Crippen LogP contribution in [-0.2, 0) is 57.1 Å². The number of carbonyl (C=O) groups excluding carboxylic acids is 6. The molecule has 0 radical (unpaired) electrons. The molecule has 0 saturated carbocycles. The normalized spacial score (nSPS) is 15.8. The number of nitrogens with zero attached hydrogens (tertiary/aromatic N) is 1. The maximum atomic E-state index is 13.2. The molecule has 0 spiro atoms. The van der Waals surface area contributed by atoms with Crippen LogP contribution in [-0.4, -0.2) is 146 Å². The molecule has 1 saturated heterocycles. The zero-order chi connectivity index (χ0) is 41.8. The summed E-state index contributed by atoms with van der Waals surface area (Å²) in [5, 5.41) is 4.90. The van der Waals surface area contributed by atoms with Gasteiger partial charge in [0.1, 0.15) is 12.6 Å². The van der Waals surface area contributed by atoms with Crippen LogP contribution in [0.3, 0.4) is 0 Å². The number of nitrogens with one attached hydrogen (secondary N) is 2. The molecule has 58 heavy (non-hydrogen) atoms. The second-order valence-electron chi connectivity index (χ2n) is 13.7. The zero-order valence-electron chi connectivity index (χ0n) is 34.2. The van der Waals surface area contributed by atoms with Crippen LogP contribution in [0.1, 0.15) is 98.8 Å². The summed E-state index contributed by atoms with van der Waals surface area (Å²) in [6.45, 7) is 10.6. The molecule has 2 N–H and O–H groups in total. The topological polar surface area (TPSA) is 204 Å². The average molecular weight is 822 g/mol. The van der Waals surface area contributed by atoms with Gasteiger partial charge in [-0.2, -0.15) is 0 Å². The second-order valence-corrected chi connectivity index (χ2v) is 13.7. The Hall–Kier alpha value is -3.84. The Morgan fingerprint density at radius 1 is 0.707 bits per heavy atom. The summed E-state index contributed by atoms with van der Waals surface area (Å²) in [5.41, 5.74) is 0.377. The minimum atomic E-state index is -1.07. The molecule has 2 unspecified atom stereocenters. The average Bonchev–Trinajstić information content (AvgIpc) is 3.46. The fourth-order valence-corrected chi connectivity index (χ4v) is 6.18. The van der Waals surface area contributed by atoms with E-state index in [9.17, 15) is 28.8 Å². The molecule has 2 aliphatic heterocycles. The summed E-state index contributed by atoms with van der Waals surface area (Å²) in [7, 11) is 0. The fraction of sp³-hybridized carbons (Fsp3) is 0.707. The van der Waals surface area contributed by atoms with Gasteiger partial charge in [0.2, 0.25) is 17.7 Å². The van der Waals surface area contributed by atoms with Crippen molar-refractivity contribution in [2.24, 2.45) is 5.92 Å². The van der Waals surface area contributed by atoms with Gasteiger partial charge in [-0.05, 0) is 44.2 Å². The maximum Gasteiger partial charge on any atom is 0.308 e. The number of benzene rings is 1. The Kier molecular flexibility index (Phi) is 24.6. The van der Waals surface area contributed by atoms with Crippen LogP contribution >= 0.6 is 0 Å². The number of hydrogen-bond acceptors (Lipinski definition) is 14. The van der Waals surface area contributed by atoms with E-state index in [1.54, 1.807) is 12.1 Å². The molecule has 326 valence electrons. The Labute approximate surface area is 341 Å². The van der Waals surface area contributed by atoms with E-state index < -0.39 is 29.7 Å². The number of fused-ring (bicyclic) bond motifs is 1. The lowest BCUT2D eigenvalue weighted by molar-refractivity contribution is -0.150. The smallest absolute Gasteiger partial charge is 0.308 e. The third-order valence-corrected chi connectivity index (χ3v) is 9.37. The van der Waals surface area contributed by atoms with Crippen molar-refractivity contribution in [3.8, 4) is 0 Å². The van der Waals surface area contributed by atoms with Crippen LogP contribution in [0.15, 0.2) is 18.2 Å². The Balaban J connectivity index is 1.04. The number of rotatable bonds is 34. The number of ether oxygens (including phenoxy) is 8. The lowest BCUT2D eigenvalue weighted by Gasteiger charge is -2.27. The number of amides is 5. The predicted molar refractivity (Wildman–Crippen MR) is 210 cm³/mol. The Bertz CT molecular complexity index is 1430. The lowest BCUT2D eigenvalue weighted by atomic mass is 10.00. The van der Waals surface area contributed by atoms with Crippen LogP contribution in [0.5, 0.6) is 0 Å². The van der Waals surface area contributed by atoms with Crippen molar-refractivity contribution in [1.82, 2.24) is 10.2 Å². The van der Waals surface area contributed by atoms with Gasteiger partial charge in [0.15, 0.2) is 0 Å². The van der Waals surface area contributed by atoms with E-state index in [1.165, 1.54) is 6.07 Å². The molecule has 5 amide bonds. The minimum Gasteiger partial charge on any atom is -0.463 e. The van der Waals surface area contributed by atoms with Gasteiger partial charge >= 0.3 is 5.97 Å². The summed E-state index contributed by atoms with van der Waals surface area (Å²) in [5.74, 6) is -2.88. The van der Waals surface area contributed by atoms with E-state index in [0.29, 0.717) is 98.9 Å². The first-order valence-electron chi connectivity index (χ1n) is 20.6. The largest absolute Gasteiger partial charge is 0.463 e. The van der Waals surface area contributed by atoms with Crippen molar-refractivity contribution in [2.75, 3.05) is 104 Å². The highest BCUT2D eigenvalue weighted by molar-refractivity contribution is 6.26. The molecule has 0 bridgehead atoms. The summed E-state index contributed by atoms with van der Waals surface area (Å²) in [4.78, 5) is 75.6. The molecule has 2 aliphatic rings. The van der Waals surface area contributed by atoms with E-state index in [-0.39, 0.29) is 60.5 Å². The van der Waals surface area contributed by atoms with Crippen LogP contribution in [0.25, 0.3) is 0 Å². The van der Waals surface area contributed by atoms with Crippen molar-refractivity contribution in [1.29, 1.82) is 0 Å². The van der Waals surface area contributed by atoms with E-state index in [2.05, 4.69) is 17.6 Å². The SMILES string of the molecule is CCCCC(CC)C(=O)OCCOCCOCCOCCOCCOCCOCCOCCCCCC(=O)Nc1cccc2c1C(=O)N(C1CCC(=O)NC1=O)C2=O. The van der Waals surface area contributed by atoms with Crippen molar-refractivity contribution in [3.63, 3.8) is 0 Å². The zero-order valence-corrected chi connectivity index (χ0v) is 34.2. The monoisotopic (exact) mass is 821 g/mol. The first-order valence-corrected chi connectivity index (χ1v) is 20.6. The quantitative estimate of drug-likeness (QED) is 0.0581. The number of esters is 1. The van der Waals surface area contributed by atoms with E-state index in [0.717, 1.165) is 43.4 Å². The minimum absolute atomic E-state index is 0.0214. The van der Waals surface area contributed by atoms with Gasteiger partial charge in [0.05, 0.1) is 109 Å². The molecular weight excluding hydrogens is 758 g/mol. The van der Waals surface area contributed by atoms with Crippen LogP contribution < -0.4 is 10.6 Å². The molecule has 17 heteroatoms. The number of unbranched alkanes of at least 4 members (excludes halogenated alkanes) is 3. The Morgan fingerprint density at radius 2 is 1.26 bits per heavy atom. The molecule has 2 heterocycles. The van der Waals surface area contributed by atoms with Gasteiger partial charge in [-0.3, -0.25) is 39.0 Å². The van der Waals surface area contributed by atoms with Gasteiger partial charge in [-0.15, -0.1) is 0 Å². The molecule has 3 rings (SSSR count). The van der Waals surface area contributed by atoms with Crippen molar-refractivity contribution < 1.29 is 66.7 Å². The molecule has 1 aromatic carbocycles. The van der Waals surface area contributed by atoms with Crippen molar-refractivity contribution in [3.05, 3.63) is 29.3 Å². The number of imide groups is 2. The molecule has 0 aromatic heterocycles. The van der Waals surface area contributed by atoms with Gasteiger partial charge in [-0.25, -0.2) is 0 Å². The summed E-state index contributed by atoms with van der Waals surface area (Å²) in [6, 6.07) is 3.52.